The van der Waals surface area contributed by atoms with Crippen LogP contribution in [0.15, 0.2) is 12.1 Å². The Morgan fingerprint density at radius 2 is 2.04 bits per heavy atom. The maximum absolute atomic E-state index is 11.8. The number of nitriles is 1. The van der Waals surface area contributed by atoms with Crippen molar-refractivity contribution in [2.45, 2.75) is 38.8 Å². The van der Waals surface area contributed by atoms with E-state index in [0.29, 0.717) is 22.2 Å². The topological polar surface area (TPSA) is 125 Å². The second kappa shape index (κ2) is 6.80. The monoisotopic (exact) mass is 348 g/mol. The fourth-order valence-electron chi connectivity index (χ4n) is 2.04. The van der Waals surface area contributed by atoms with E-state index in [1.165, 1.54) is 0 Å². The van der Waals surface area contributed by atoms with Gasteiger partial charge < -0.3 is 15.2 Å². The molecule has 2 aromatic rings. The number of carboxylic acid groups (broad SMARTS) is 1. The first-order chi connectivity index (χ1) is 11.2. The molecule has 2 rings (SSSR count). The van der Waals surface area contributed by atoms with Crippen molar-refractivity contribution in [3.63, 3.8) is 0 Å². The summed E-state index contributed by atoms with van der Waals surface area (Å²) in [7, 11) is 0. The Bertz CT molecular complexity index is 819. The minimum Gasteiger partial charge on any atom is -0.480 e. The Labute approximate surface area is 142 Å². The van der Waals surface area contributed by atoms with Crippen molar-refractivity contribution >= 4 is 34.8 Å². The van der Waals surface area contributed by atoms with E-state index in [1.54, 1.807) is 32.9 Å². The number of aliphatic carboxylic acids is 1. The van der Waals surface area contributed by atoms with Gasteiger partial charge in [-0.15, -0.1) is 0 Å². The molecule has 0 bridgehead atoms. The highest BCUT2D eigenvalue weighted by Gasteiger charge is 2.25. The SMILES string of the molecule is CC(C)(C)OC(=O)N[C@@H](Cc1ccc(C#N)c2nsnc12)C(=O)O. The van der Waals surface area contributed by atoms with Crippen molar-refractivity contribution in [3.05, 3.63) is 23.3 Å². The number of carboxylic acids is 1. The van der Waals surface area contributed by atoms with E-state index in [9.17, 15) is 14.7 Å². The summed E-state index contributed by atoms with van der Waals surface area (Å²) in [5.74, 6) is -1.19. The van der Waals surface area contributed by atoms with Crippen LogP contribution in [0.25, 0.3) is 11.0 Å². The molecule has 0 aliphatic heterocycles. The van der Waals surface area contributed by atoms with E-state index >= 15 is 0 Å². The van der Waals surface area contributed by atoms with Gasteiger partial charge in [-0.3, -0.25) is 0 Å². The van der Waals surface area contributed by atoms with Gasteiger partial charge in [0.1, 0.15) is 28.7 Å². The molecule has 1 aromatic carbocycles. The zero-order chi connectivity index (χ0) is 17.9. The Morgan fingerprint density at radius 3 is 2.62 bits per heavy atom. The smallest absolute Gasteiger partial charge is 0.408 e. The van der Waals surface area contributed by atoms with E-state index < -0.39 is 23.7 Å². The third-order valence-electron chi connectivity index (χ3n) is 3.03. The van der Waals surface area contributed by atoms with Crippen LogP contribution in [0.1, 0.15) is 31.9 Å². The fraction of sp³-hybridized carbons (Fsp3) is 0.400. The lowest BCUT2D eigenvalue weighted by atomic mass is 10.0. The minimum atomic E-state index is -1.19. The molecule has 8 nitrogen and oxygen atoms in total. The first-order valence-electron chi connectivity index (χ1n) is 7.08. The van der Waals surface area contributed by atoms with Crippen LogP contribution in [-0.4, -0.2) is 37.6 Å². The van der Waals surface area contributed by atoms with Gasteiger partial charge in [0.25, 0.3) is 0 Å². The van der Waals surface area contributed by atoms with E-state index in [0.717, 1.165) is 11.7 Å². The third-order valence-corrected chi connectivity index (χ3v) is 3.56. The highest BCUT2D eigenvalue weighted by Crippen LogP contribution is 2.22. The molecule has 126 valence electrons. The van der Waals surface area contributed by atoms with Crippen LogP contribution < -0.4 is 5.32 Å². The molecular weight excluding hydrogens is 332 g/mol. The molecule has 0 aliphatic carbocycles. The largest absolute Gasteiger partial charge is 0.480 e. The fourth-order valence-corrected chi connectivity index (χ4v) is 2.64. The molecule has 1 aromatic heterocycles. The van der Waals surface area contributed by atoms with Gasteiger partial charge in [0, 0.05) is 6.42 Å². The molecule has 1 amide bonds. The molecule has 2 N–H and O–H groups in total. The van der Waals surface area contributed by atoms with Gasteiger partial charge >= 0.3 is 12.1 Å². The van der Waals surface area contributed by atoms with Crippen molar-refractivity contribution in [1.29, 1.82) is 5.26 Å². The number of benzene rings is 1. The third kappa shape index (κ3) is 4.17. The maximum Gasteiger partial charge on any atom is 0.408 e. The van der Waals surface area contributed by atoms with Crippen LogP contribution >= 0.6 is 11.7 Å². The average Bonchev–Trinajstić information content (AvgIpc) is 2.94. The van der Waals surface area contributed by atoms with Crippen molar-refractivity contribution < 1.29 is 19.4 Å². The molecule has 0 aliphatic rings. The van der Waals surface area contributed by atoms with Gasteiger partial charge in [0.15, 0.2) is 0 Å². The molecule has 0 unspecified atom stereocenters. The molecule has 9 heteroatoms. The molecule has 24 heavy (non-hydrogen) atoms. The normalized spacial score (nSPS) is 12.4. The number of hydrogen-bond donors (Lipinski definition) is 2. The first kappa shape index (κ1) is 17.6. The van der Waals surface area contributed by atoms with Gasteiger partial charge in [0.2, 0.25) is 0 Å². The predicted octanol–water partition coefficient (Wildman–Crippen LogP) is 2.08. The standard InChI is InChI=1S/C15H16N4O4S/c1-15(2,3)23-14(22)17-10(13(20)21)6-8-4-5-9(7-16)12-11(8)18-24-19-12/h4-5,10H,6H2,1-3H3,(H,17,22)(H,20,21)/t10-/m0/s1. The predicted molar refractivity (Wildman–Crippen MR) is 86.6 cm³/mol. The van der Waals surface area contributed by atoms with E-state index in [-0.39, 0.29) is 6.42 Å². The number of alkyl carbamates (subject to hydrolysis) is 1. The van der Waals surface area contributed by atoms with Crippen molar-refractivity contribution in [1.82, 2.24) is 14.1 Å². The summed E-state index contributed by atoms with van der Waals surface area (Å²) in [5.41, 5.74) is 1.13. The molecule has 0 fully saturated rings. The van der Waals surface area contributed by atoms with Crippen LogP contribution in [0.2, 0.25) is 0 Å². The number of nitrogens with zero attached hydrogens (tertiary/aromatic N) is 3. The molecule has 1 atom stereocenters. The number of carbonyl (C=O) groups excluding carboxylic acids is 1. The second-order valence-electron chi connectivity index (χ2n) is 6.09. The van der Waals surface area contributed by atoms with Crippen LogP contribution in [0.4, 0.5) is 4.79 Å². The number of rotatable bonds is 4. The molecular formula is C15H16N4O4S. The summed E-state index contributed by atoms with van der Waals surface area (Å²) in [4.78, 5) is 23.3. The molecule has 0 saturated carbocycles. The summed E-state index contributed by atoms with van der Waals surface area (Å²) < 4.78 is 13.3. The zero-order valence-corrected chi connectivity index (χ0v) is 14.2. The Kier molecular flexibility index (Phi) is 4.99. The number of carbonyl (C=O) groups is 2. The van der Waals surface area contributed by atoms with Gasteiger partial charge in [-0.2, -0.15) is 14.0 Å². The molecule has 0 spiro atoms. The maximum atomic E-state index is 11.8. The number of amides is 1. The van der Waals surface area contributed by atoms with Crippen molar-refractivity contribution in [2.24, 2.45) is 0 Å². The van der Waals surface area contributed by atoms with Gasteiger partial charge in [-0.05, 0) is 32.4 Å². The highest BCUT2D eigenvalue weighted by molar-refractivity contribution is 7.00. The average molecular weight is 348 g/mol. The number of nitrogens with one attached hydrogen (secondary N) is 1. The van der Waals surface area contributed by atoms with Crippen molar-refractivity contribution in [3.8, 4) is 6.07 Å². The summed E-state index contributed by atoms with van der Waals surface area (Å²) in [6.45, 7) is 5.06. The van der Waals surface area contributed by atoms with Gasteiger partial charge in [-0.1, -0.05) is 6.07 Å². The van der Waals surface area contributed by atoms with Gasteiger partial charge in [0.05, 0.1) is 17.3 Å². The molecule has 0 saturated heterocycles. The Balaban J connectivity index is 2.23. The van der Waals surface area contributed by atoms with E-state index in [2.05, 4.69) is 14.1 Å². The lowest BCUT2D eigenvalue weighted by Gasteiger charge is -2.22. The number of fused-ring (bicyclic) bond motifs is 1. The summed E-state index contributed by atoms with van der Waals surface area (Å²) >= 11 is 0.943. The Hall–Kier alpha value is -2.73. The lowest BCUT2D eigenvalue weighted by Crippen LogP contribution is -2.44. The van der Waals surface area contributed by atoms with Crippen molar-refractivity contribution in [2.75, 3.05) is 0 Å². The number of hydrogen-bond acceptors (Lipinski definition) is 7. The van der Waals surface area contributed by atoms with Crippen LogP contribution in [0.3, 0.4) is 0 Å². The number of ether oxygens (including phenoxy) is 1. The summed E-state index contributed by atoms with van der Waals surface area (Å²) in [6, 6.07) is 4.01. The van der Waals surface area contributed by atoms with Gasteiger partial charge in [-0.25, -0.2) is 9.59 Å². The summed E-state index contributed by atoms with van der Waals surface area (Å²) in [6.07, 6.45) is -0.807. The van der Waals surface area contributed by atoms with Crippen LogP contribution in [0.5, 0.6) is 0 Å². The van der Waals surface area contributed by atoms with E-state index in [4.69, 9.17) is 10.00 Å². The lowest BCUT2D eigenvalue weighted by molar-refractivity contribution is -0.139. The minimum absolute atomic E-state index is 0.00218. The Morgan fingerprint density at radius 1 is 1.38 bits per heavy atom. The first-order valence-corrected chi connectivity index (χ1v) is 7.81. The zero-order valence-electron chi connectivity index (χ0n) is 13.4. The van der Waals surface area contributed by atoms with Crippen LogP contribution in [0, 0.1) is 11.3 Å². The highest BCUT2D eigenvalue weighted by atomic mass is 32.1. The summed E-state index contributed by atoms with van der Waals surface area (Å²) in [5, 5.41) is 20.7. The van der Waals surface area contributed by atoms with E-state index in [1.807, 2.05) is 6.07 Å². The second-order valence-corrected chi connectivity index (χ2v) is 6.62. The molecule has 0 radical (unpaired) electrons. The van der Waals surface area contributed by atoms with Crippen LogP contribution in [-0.2, 0) is 16.0 Å². The quantitative estimate of drug-likeness (QED) is 0.866. The number of aromatic nitrogens is 2. The molecule has 1 heterocycles.